The number of thiazole rings is 1. The third-order valence-corrected chi connectivity index (χ3v) is 4.58. The van der Waals surface area contributed by atoms with E-state index in [1.165, 1.54) is 11.3 Å². The number of aliphatic carboxylic acids is 1. The highest BCUT2D eigenvalue weighted by Crippen LogP contribution is 2.32. The summed E-state index contributed by atoms with van der Waals surface area (Å²) in [6.45, 7) is 9.75. The molecule has 1 aromatic rings. The first-order chi connectivity index (χ1) is 9.64. The van der Waals surface area contributed by atoms with E-state index in [2.05, 4.69) is 31.1 Å². The number of nitrogens with zero attached hydrogens (tertiary/aromatic N) is 1. The second kappa shape index (κ2) is 6.56. The van der Waals surface area contributed by atoms with E-state index >= 15 is 0 Å². The Hall–Kier alpha value is -1.43. The summed E-state index contributed by atoms with van der Waals surface area (Å²) in [5.74, 6) is -1.21. The van der Waals surface area contributed by atoms with Crippen molar-refractivity contribution < 1.29 is 14.7 Å². The molecule has 0 atom stereocenters. The Morgan fingerprint density at radius 1 is 1.29 bits per heavy atom. The summed E-state index contributed by atoms with van der Waals surface area (Å²) in [5, 5.41) is 14.5. The first-order valence-electron chi connectivity index (χ1n) is 7.14. The molecule has 1 heterocycles. The van der Waals surface area contributed by atoms with Gasteiger partial charge in [-0.25, -0.2) is 4.98 Å². The van der Waals surface area contributed by atoms with E-state index in [0.29, 0.717) is 18.0 Å². The van der Waals surface area contributed by atoms with Crippen LogP contribution in [0.1, 0.15) is 59.6 Å². The van der Waals surface area contributed by atoms with Crippen LogP contribution in [0.3, 0.4) is 0 Å². The van der Waals surface area contributed by atoms with Crippen LogP contribution in [-0.2, 0) is 15.0 Å². The van der Waals surface area contributed by atoms with Gasteiger partial charge < -0.3 is 10.4 Å². The molecule has 0 radical (unpaired) electrons. The van der Waals surface area contributed by atoms with Gasteiger partial charge in [0.05, 0.1) is 11.1 Å². The van der Waals surface area contributed by atoms with Crippen molar-refractivity contribution in [3.63, 3.8) is 0 Å². The van der Waals surface area contributed by atoms with Crippen LogP contribution >= 0.6 is 11.3 Å². The number of aromatic nitrogens is 1. The molecule has 2 N–H and O–H groups in total. The van der Waals surface area contributed by atoms with Crippen molar-refractivity contribution in [3.8, 4) is 0 Å². The lowest BCUT2D eigenvalue weighted by Crippen LogP contribution is -2.34. The van der Waals surface area contributed by atoms with Crippen LogP contribution < -0.4 is 5.32 Å². The minimum absolute atomic E-state index is 0.0280. The van der Waals surface area contributed by atoms with Gasteiger partial charge in [-0.05, 0) is 12.8 Å². The SMILES string of the molecule is CCC(CC)(CC(=O)Nc1nc(C(C)(C)C)cs1)C(=O)O. The molecule has 0 bridgehead atoms. The lowest BCUT2D eigenvalue weighted by atomic mass is 9.79. The zero-order valence-electron chi connectivity index (χ0n) is 13.3. The second-order valence-electron chi connectivity index (χ2n) is 6.31. The van der Waals surface area contributed by atoms with Gasteiger partial charge >= 0.3 is 5.97 Å². The van der Waals surface area contributed by atoms with Gasteiger partial charge in [-0.2, -0.15) is 0 Å². The predicted octanol–water partition coefficient (Wildman–Crippen LogP) is 3.66. The average molecular weight is 312 g/mol. The van der Waals surface area contributed by atoms with Gasteiger partial charge in [0.15, 0.2) is 5.13 Å². The van der Waals surface area contributed by atoms with Crippen molar-refractivity contribution in [3.05, 3.63) is 11.1 Å². The molecule has 0 saturated heterocycles. The fourth-order valence-corrected chi connectivity index (χ4v) is 2.98. The molecule has 0 unspecified atom stereocenters. The van der Waals surface area contributed by atoms with E-state index < -0.39 is 11.4 Å². The molecule has 1 rings (SSSR count). The normalized spacial score (nSPS) is 12.2. The van der Waals surface area contributed by atoms with E-state index in [1.54, 1.807) is 13.8 Å². The Bertz CT molecular complexity index is 513. The lowest BCUT2D eigenvalue weighted by Gasteiger charge is -2.25. The molecule has 0 aliphatic heterocycles. The number of carbonyl (C=O) groups excluding carboxylic acids is 1. The lowest BCUT2D eigenvalue weighted by molar-refractivity contribution is -0.151. The number of carboxylic acid groups (broad SMARTS) is 1. The number of hydrogen-bond acceptors (Lipinski definition) is 4. The Morgan fingerprint density at radius 3 is 2.24 bits per heavy atom. The highest BCUT2D eigenvalue weighted by atomic mass is 32.1. The van der Waals surface area contributed by atoms with Gasteiger partial charge in [0.25, 0.3) is 0 Å². The van der Waals surface area contributed by atoms with Crippen LogP contribution in [0.2, 0.25) is 0 Å². The standard InChI is InChI=1S/C15H24N2O3S/c1-6-15(7-2,12(19)20)8-11(18)17-13-16-10(9-21-13)14(3,4)5/h9H,6-8H2,1-5H3,(H,19,20)(H,16,17,18). The van der Waals surface area contributed by atoms with Crippen LogP contribution in [-0.4, -0.2) is 22.0 Å². The Labute approximate surface area is 129 Å². The van der Waals surface area contributed by atoms with Crippen LogP contribution in [0, 0.1) is 5.41 Å². The van der Waals surface area contributed by atoms with Crippen LogP contribution in [0.5, 0.6) is 0 Å². The number of amides is 1. The maximum absolute atomic E-state index is 12.1. The molecule has 0 aliphatic rings. The first kappa shape index (κ1) is 17.6. The Kier molecular flexibility index (Phi) is 5.50. The summed E-state index contributed by atoms with van der Waals surface area (Å²) in [6.07, 6.45) is 0.828. The molecule has 21 heavy (non-hydrogen) atoms. The van der Waals surface area contributed by atoms with Gasteiger partial charge in [-0.15, -0.1) is 11.3 Å². The molecule has 0 aliphatic carbocycles. The summed E-state index contributed by atoms with van der Waals surface area (Å²) in [7, 11) is 0. The summed E-state index contributed by atoms with van der Waals surface area (Å²) < 4.78 is 0. The zero-order valence-corrected chi connectivity index (χ0v) is 14.1. The van der Waals surface area contributed by atoms with Crippen LogP contribution in [0.15, 0.2) is 5.38 Å². The van der Waals surface area contributed by atoms with Crippen molar-refractivity contribution in [2.45, 2.75) is 59.3 Å². The maximum Gasteiger partial charge on any atom is 0.310 e. The fourth-order valence-electron chi connectivity index (χ4n) is 2.02. The maximum atomic E-state index is 12.1. The van der Waals surface area contributed by atoms with Gasteiger partial charge in [-0.1, -0.05) is 34.6 Å². The molecule has 1 amide bonds. The van der Waals surface area contributed by atoms with Crippen molar-refractivity contribution in [1.82, 2.24) is 4.98 Å². The molecule has 1 aromatic heterocycles. The molecule has 0 saturated carbocycles. The number of anilines is 1. The third kappa shape index (κ3) is 4.27. The third-order valence-electron chi connectivity index (χ3n) is 3.83. The minimum Gasteiger partial charge on any atom is -0.481 e. The highest BCUT2D eigenvalue weighted by Gasteiger charge is 2.37. The number of carboxylic acids is 1. The van der Waals surface area contributed by atoms with Crippen molar-refractivity contribution in [1.29, 1.82) is 0 Å². The quantitative estimate of drug-likeness (QED) is 0.840. The highest BCUT2D eigenvalue weighted by molar-refractivity contribution is 7.13. The Morgan fingerprint density at radius 2 is 1.86 bits per heavy atom. The predicted molar refractivity (Wildman–Crippen MR) is 84.7 cm³/mol. The van der Waals surface area contributed by atoms with Crippen molar-refractivity contribution in [2.24, 2.45) is 5.41 Å². The summed E-state index contributed by atoms with van der Waals surface area (Å²) >= 11 is 1.36. The smallest absolute Gasteiger partial charge is 0.310 e. The van der Waals surface area contributed by atoms with Crippen LogP contribution in [0.25, 0.3) is 0 Å². The van der Waals surface area contributed by atoms with E-state index in [1.807, 2.05) is 5.38 Å². The summed E-state index contributed by atoms with van der Waals surface area (Å²) in [6, 6.07) is 0. The monoisotopic (exact) mass is 312 g/mol. The first-order valence-corrected chi connectivity index (χ1v) is 8.02. The Balaban J connectivity index is 2.78. The van der Waals surface area contributed by atoms with E-state index in [-0.39, 0.29) is 17.7 Å². The largest absolute Gasteiger partial charge is 0.481 e. The van der Waals surface area contributed by atoms with E-state index in [0.717, 1.165) is 5.69 Å². The molecule has 0 aromatic carbocycles. The average Bonchev–Trinajstić information content (AvgIpc) is 2.84. The zero-order chi connectivity index (χ0) is 16.3. The molecule has 118 valence electrons. The van der Waals surface area contributed by atoms with Gasteiger partial charge in [0, 0.05) is 17.2 Å². The number of nitrogens with one attached hydrogen (secondary N) is 1. The van der Waals surface area contributed by atoms with Gasteiger partial charge in [-0.3, -0.25) is 9.59 Å². The molecular formula is C15H24N2O3S. The van der Waals surface area contributed by atoms with Crippen molar-refractivity contribution >= 4 is 28.3 Å². The molecule has 5 nitrogen and oxygen atoms in total. The van der Waals surface area contributed by atoms with Crippen molar-refractivity contribution in [2.75, 3.05) is 5.32 Å². The molecule has 0 spiro atoms. The number of rotatable bonds is 6. The molecular weight excluding hydrogens is 288 g/mol. The molecule has 0 fully saturated rings. The van der Waals surface area contributed by atoms with Gasteiger partial charge in [0.1, 0.15) is 0 Å². The van der Waals surface area contributed by atoms with E-state index in [9.17, 15) is 14.7 Å². The van der Waals surface area contributed by atoms with E-state index in [4.69, 9.17) is 0 Å². The summed E-state index contributed by atoms with van der Waals surface area (Å²) in [5.41, 5.74) is -0.149. The topological polar surface area (TPSA) is 79.3 Å². The van der Waals surface area contributed by atoms with Gasteiger partial charge in [0.2, 0.25) is 5.91 Å². The summed E-state index contributed by atoms with van der Waals surface area (Å²) in [4.78, 5) is 27.9. The molecule has 6 heteroatoms. The van der Waals surface area contributed by atoms with Crippen LogP contribution in [0.4, 0.5) is 5.13 Å². The number of carbonyl (C=O) groups is 2. The number of hydrogen-bond donors (Lipinski definition) is 2. The second-order valence-corrected chi connectivity index (χ2v) is 7.16. The fraction of sp³-hybridized carbons (Fsp3) is 0.667. The minimum atomic E-state index is -0.992.